The van der Waals surface area contributed by atoms with Gasteiger partial charge in [0.1, 0.15) is 16.6 Å². The number of anilines is 1. The highest BCUT2D eigenvalue weighted by molar-refractivity contribution is 7.99. The molecule has 0 aromatic carbocycles. The van der Waals surface area contributed by atoms with Crippen molar-refractivity contribution in [2.24, 2.45) is 0 Å². The Kier molecular flexibility index (Phi) is 2.59. The first-order valence-electron chi connectivity index (χ1n) is 4.34. The fourth-order valence-electron chi connectivity index (χ4n) is 0.955. The van der Waals surface area contributed by atoms with E-state index in [0.29, 0.717) is 16.1 Å². The molecule has 2 heterocycles. The molecule has 78 valence electrons. The normalized spacial score (nSPS) is 10.5. The van der Waals surface area contributed by atoms with E-state index in [1.54, 1.807) is 6.20 Å². The zero-order chi connectivity index (χ0) is 10.8. The molecule has 2 N–H and O–H groups in total. The lowest BCUT2D eigenvalue weighted by atomic mass is 10.4. The van der Waals surface area contributed by atoms with E-state index >= 15 is 0 Å². The minimum absolute atomic E-state index is 0.402. The molecular weight excluding hydrogens is 212 g/mol. The molecule has 0 saturated heterocycles. The molecule has 2 aromatic heterocycles. The van der Waals surface area contributed by atoms with Crippen LogP contribution in [0.4, 0.5) is 5.82 Å². The van der Waals surface area contributed by atoms with E-state index in [2.05, 4.69) is 15.0 Å². The highest BCUT2D eigenvalue weighted by Crippen LogP contribution is 2.26. The van der Waals surface area contributed by atoms with E-state index in [9.17, 15) is 0 Å². The van der Waals surface area contributed by atoms with E-state index in [4.69, 9.17) is 10.2 Å². The van der Waals surface area contributed by atoms with Gasteiger partial charge in [-0.3, -0.25) is 0 Å². The topological polar surface area (TPSA) is 77.8 Å². The van der Waals surface area contributed by atoms with Crippen LogP contribution in [-0.4, -0.2) is 15.0 Å². The first-order valence-corrected chi connectivity index (χ1v) is 5.16. The highest BCUT2D eigenvalue weighted by Gasteiger charge is 2.08. The van der Waals surface area contributed by atoms with Crippen molar-refractivity contribution < 1.29 is 4.42 Å². The minimum atomic E-state index is 0.402. The van der Waals surface area contributed by atoms with Crippen LogP contribution in [0.1, 0.15) is 11.5 Å². The van der Waals surface area contributed by atoms with Crippen molar-refractivity contribution in [1.29, 1.82) is 0 Å². The number of oxazole rings is 1. The summed E-state index contributed by atoms with van der Waals surface area (Å²) in [4.78, 5) is 12.2. The number of aryl methyl sites for hydroxylation is 2. The van der Waals surface area contributed by atoms with Crippen molar-refractivity contribution in [1.82, 2.24) is 15.0 Å². The van der Waals surface area contributed by atoms with E-state index in [-0.39, 0.29) is 0 Å². The molecule has 5 nitrogen and oxygen atoms in total. The molecule has 0 spiro atoms. The van der Waals surface area contributed by atoms with E-state index in [1.807, 2.05) is 13.8 Å². The molecule has 6 heteroatoms. The summed E-state index contributed by atoms with van der Waals surface area (Å²) in [6.45, 7) is 3.78. The van der Waals surface area contributed by atoms with Crippen LogP contribution in [0, 0.1) is 13.8 Å². The van der Waals surface area contributed by atoms with Crippen LogP contribution in [0.15, 0.2) is 27.1 Å². The number of rotatable bonds is 2. The van der Waals surface area contributed by atoms with Crippen molar-refractivity contribution >= 4 is 17.6 Å². The molecule has 0 saturated carbocycles. The SMILES string of the molecule is Cc1nc(Sc2cnc(N)cn2)oc1C. The second kappa shape index (κ2) is 3.90. The quantitative estimate of drug-likeness (QED) is 0.835. The van der Waals surface area contributed by atoms with Crippen LogP contribution in [0.25, 0.3) is 0 Å². The van der Waals surface area contributed by atoms with Gasteiger partial charge in [0.05, 0.1) is 18.1 Å². The molecule has 0 fully saturated rings. The molecule has 0 unspecified atom stereocenters. The van der Waals surface area contributed by atoms with Crippen molar-refractivity contribution in [3.05, 3.63) is 23.8 Å². The maximum Gasteiger partial charge on any atom is 0.262 e. The minimum Gasteiger partial charge on any atom is -0.436 e. The van der Waals surface area contributed by atoms with Gasteiger partial charge in [-0.15, -0.1) is 0 Å². The Morgan fingerprint density at radius 2 is 2.07 bits per heavy atom. The summed E-state index contributed by atoms with van der Waals surface area (Å²) in [7, 11) is 0. The van der Waals surface area contributed by atoms with Gasteiger partial charge >= 0.3 is 0 Å². The van der Waals surface area contributed by atoms with Crippen molar-refractivity contribution in [3.8, 4) is 0 Å². The summed E-state index contributed by atoms with van der Waals surface area (Å²) < 4.78 is 5.40. The Bertz CT molecular complexity index is 446. The first-order chi connectivity index (χ1) is 7.15. The summed E-state index contributed by atoms with van der Waals surface area (Å²) in [5.41, 5.74) is 6.32. The van der Waals surface area contributed by atoms with Gasteiger partial charge in [-0.05, 0) is 25.6 Å². The number of hydrogen-bond acceptors (Lipinski definition) is 6. The van der Waals surface area contributed by atoms with Crippen molar-refractivity contribution in [3.63, 3.8) is 0 Å². The zero-order valence-corrected chi connectivity index (χ0v) is 9.21. The van der Waals surface area contributed by atoms with Crippen molar-refractivity contribution in [2.75, 3.05) is 5.73 Å². The van der Waals surface area contributed by atoms with Crippen molar-refractivity contribution in [2.45, 2.75) is 24.1 Å². The lowest BCUT2D eigenvalue weighted by Gasteiger charge is -1.95. The van der Waals surface area contributed by atoms with Gasteiger partial charge in [-0.1, -0.05) is 0 Å². The third kappa shape index (κ3) is 2.27. The Balaban J connectivity index is 2.18. The summed E-state index contributed by atoms with van der Waals surface area (Å²) in [5.74, 6) is 1.22. The number of nitrogens with zero attached hydrogens (tertiary/aromatic N) is 3. The predicted molar refractivity (Wildman–Crippen MR) is 56.5 cm³/mol. The lowest BCUT2D eigenvalue weighted by molar-refractivity contribution is 0.431. The number of hydrogen-bond donors (Lipinski definition) is 1. The maximum atomic E-state index is 5.43. The fourth-order valence-corrected chi connectivity index (χ4v) is 1.69. The second-order valence-electron chi connectivity index (χ2n) is 3.00. The van der Waals surface area contributed by atoms with E-state index in [1.165, 1.54) is 18.0 Å². The molecule has 0 aliphatic heterocycles. The molecular formula is C9H10N4OS. The molecule has 0 aliphatic carbocycles. The molecule has 0 atom stereocenters. The fraction of sp³-hybridized carbons (Fsp3) is 0.222. The molecule has 0 bridgehead atoms. The highest BCUT2D eigenvalue weighted by atomic mass is 32.2. The lowest BCUT2D eigenvalue weighted by Crippen LogP contribution is -1.91. The van der Waals surface area contributed by atoms with Crippen LogP contribution in [0.3, 0.4) is 0 Å². The van der Waals surface area contributed by atoms with Crippen LogP contribution in [-0.2, 0) is 0 Å². The maximum absolute atomic E-state index is 5.43. The van der Waals surface area contributed by atoms with Crippen LogP contribution < -0.4 is 5.73 Å². The van der Waals surface area contributed by atoms with Gasteiger partial charge < -0.3 is 10.2 Å². The van der Waals surface area contributed by atoms with Gasteiger partial charge in [0.2, 0.25) is 0 Å². The molecule has 0 radical (unpaired) electrons. The third-order valence-electron chi connectivity index (χ3n) is 1.85. The van der Waals surface area contributed by atoms with Gasteiger partial charge in [0.25, 0.3) is 5.22 Å². The average Bonchev–Trinajstić information content (AvgIpc) is 2.50. The van der Waals surface area contributed by atoms with Gasteiger partial charge in [-0.2, -0.15) is 0 Å². The average molecular weight is 222 g/mol. The van der Waals surface area contributed by atoms with Crippen LogP contribution >= 0.6 is 11.8 Å². The summed E-state index contributed by atoms with van der Waals surface area (Å²) >= 11 is 1.32. The molecule has 0 aliphatic rings. The molecule has 2 aromatic rings. The monoisotopic (exact) mass is 222 g/mol. The first kappa shape index (κ1) is 9.97. The molecule has 2 rings (SSSR count). The van der Waals surface area contributed by atoms with Crippen LogP contribution in [0.2, 0.25) is 0 Å². The van der Waals surface area contributed by atoms with Gasteiger partial charge in [0, 0.05) is 0 Å². The van der Waals surface area contributed by atoms with Gasteiger partial charge in [0.15, 0.2) is 0 Å². The number of nitrogen functional groups attached to an aromatic ring is 1. The molecule has 0 amide bonds. The summed E-state index contributed by atoms with van der Waals surface area (Å²) in [6, 6.07) is 0. The van der Waals surface area contributed by atoms with Crippen LogP contribution in [0.5, 0.6) is 0 Å². The largest absolute Gasteiger partial charge is 0.436 e. The summed E-state index contributed by atoms with van der Waals surface area (Å²) in [5, 5.41) is 1.29. The Labute approximate surface area is 91.1 Å². The Hall–Kier alpha value is -1.56. The standard InChI is InChI=1S/C9H10N4OS/c1-5-6(2)14-9(13-5)15-8-4-11-7(10)3-12-8/h3-4H,1-2H3,(H2,10,11). The Morgan fingerprint density at radius 3 is 2.60 bits per heavy atom. The van der Waals surface area contributed by atoms with E-state index in [0.717, 1.165) is 11.5 Å². The molecule has 15 heavy (non-hydrogen) atoms. The zero-order valence-electron chi connectivity index (χ0n) is 8.39. The number of nitrogens with two attached hydrogens (primary N) is 1. The second-order valence-corrected chi connectivity index (χ2v) is 3.97. The third-order valence-corrected chi connectivity index (χ3v) is 2.62. The number of aromatic nitrogens is 3. The summed E-state index contributed by atoms with van der Waals surface area (Å²) in [6.07, 6.45) is 3.10. The Morgan fingerprint density at radius 1 is 1.27 bits per heavy atom. The predicted octanol–water partition coefficient (Wildman–Crippen LogP) is 1.81. The smallest absolute Gasteiger partial charge is 0.262 e. The van der Waals surface area contributed by atoms with E-state index < -0.39 is 0 Å². The van der Waals surface area contributed by atoms with Gasteiger partial charge in [-0.25, -0.2) is 15.0 Å².